The highest BCUT2D eigenvalue weighted by Crippen LogP contribution is 2.29. The number of aromatic nitrogens is 3. The van der Waals surface area contributed by atoms with Crippen molar-refractivity contribution in [2.24, 2.45) is 7.05 Å². The zero-order valence-corrected chi connectivity index (χ0v) is 15.4. The third kappa shape index (κ3) is 2.19. The molecule has 4 nitrogen and oxygen atoms in total. The van der Waals surface area contributed by atoms with Gasteiger partial charge in [-0.2, -0.15) is 0 Å². The first kappa shape index (κ1) is 15.4. The van der Waals surface area contributed by atoms with Crippen molar-refractivity contribution in [3.8, 4) is 5.69 Å². The molecule has 0 aliphatic rings. The maximum atomic E-state index is 12.9. The summed E-state index contributed by atoms with van der Waals surface area (Å²) >= 11 is 9.58. The Morgan fingerprint density at radius 2 is 1.96 bits per heavy atom. The summed E-state index contributed by atoms with van der Waals surface area (Å²) < 4.78 is 4.30. The quantitative estimate of drug-likeness (QED) is 0.467. The summed E-state index contributed by atoms with van der Waals surface area (Å²) in [6.07, 6.45) is 1.74. The second kappa shape index (κ2) is 5.46. The molecule has 4 aromatic rings. The Morgan fingerprint density at radius 3 is 2.71 bits per heavy atom. The number of pyridine rings is 1. The molecular formula is C18H13BrClN3O. The predicted molar refractivity (Wildman–Crippen MR) is 101 cm³/mol. The fourth-order valence-corrected chi connectivity index (χ4v) is 3.65. The van der Waals surface area contributed by atoms with Crippen molar-refractivity contribution in [2.75, 3.05) is 0 Å². The van der Waals surface area contributed by atoms with Gasteiger partial charge in [-0.25, -0.2) is 4.79 Å². The molecule has 0 saturated heterocycles. The van der Waals surface area contributed by atoms with E-state index in [1.54, 1.807) is 28.4 Å². The third-order valence-electron chi connectivity index (χ3n) is 4.25. The summed E-state index contributed by atoms with van der Waals surface area (Å²) in [4.78, 5) is 17.4. The Hall–Kier alpha value is -2.11. The third-order valence-corrected chi connectivity index (χ3v) is 4.97. The number of hydrogen-bond acceptors (Lipinski definition) is 2. The minimum atomic E-state index is -0.107. The molecular weight excluding hydrogens is 390 g/mol. The van der Waals surface area contributed by atoms with Gasteiger partial charge in [0.2, 0.25) is 0 Å². The molecule has 2 aromatic carbocycles. The van der Waals surface area contributed by atoms with Gasteiger partial charge in [0.25, 0.3) is 0 Å². The first-order valence-electron chi connectivity index (χ1n) is 7.39. The summed E-state index contributed by atoms with van der Waals surface area (Å²) in [7, 11) is 1.76. The van der Waals surface area contributed by atoms with Gasteiger partial charge in [-0.1, -0.05) is 27.5 Å². The molecule has 6 heteroatoms. The largest absolute Gasteiger partial charge is 0.333 e. The van der Waals surface area contributed by atoms with Crippen molar-refractivity contribution in [3.63, 3.8) is 0 Å². The van der Waals surface area contributed by atoms with Gasteiger partial charge < -0.3 is 0 Å². The molecule has 24 heavy (non-hydrogen) atoms. The van der Waals surface area contributed by atoms with Crippen molar-refractivity contribution < 1.29 is 0 Å². The highest BCUT2D eigenvalue weighted by Gasteiger charge is 2.17. The molecule has 4 rings (SSSR count). The lowest BCUT2D eigenvalue weighted by molar-refractivity contribution is 0.843. The van der Waals surface area contributed by atoms with Crippen LogP contribution in [-0.4, -0.2) is 14.1 Å². The summed E-state index contributed by atoms with van der Waals surface area (Å²) in [6, 6.07) is 11.4. The minimum Gasteiger partial charge on any atom is -0.293 e. The molecule has 0 fully saturated rings. The number of rotatable bonds is 1. The topological polar surface area (TPSA) is 39.8 Å². The molecule has 0 N–H and O–H groups in total. The van der Waals surface area contributed by atoms with E-state index in [1.165, 1.54) is 0 Å². The van der Waals surface area contributed by atoms with Crippen LogP contribution in [0.1, 0.15) is 5.56 Å². The van der Waals surface area contributed by atoms with E-state index in [9.17, 15) is 4.79 Å². The molecule has 0 aliphatic heterocycles. The average Bonchev–Trinajstić information content (AvgIpc) is 2.80. The first-order valence-corrected chi connectivity index (χ1v) is 8.56. The maximum absolute atomic E-state index is 12.9. The number of aryl methyl sites for hydroxylation is 2. The second-order valence-corrected chi connectivity index (χ2v) is 7.11. The Labute approximate surface area is 151 Å². The van der Waals surface area contributed by atoms with Crippen molar-refractivity contribution in [1.29, 1.82) is 0 Å². The summed E-state index contributed by atoms with van der Waals surface area (Å²) in [5, 5.41) is 1.58. The predicted octanol–water partition coefficient (Wildman–Crippen LogP) is 4.60. The normalized spacial score (nSPS) is 11.5. The van der Waals surface area contributed by atoms with Crippen molar-refractivity contribution in [3.05, 3.63) is 68.1 Å². The van der Waals surface area contributed by atoms with Gasteiger partial charge >= 0.3 is 5.69 Å². The zero-order valence-electron chi connectivity index (χ0n) is 13.0. The van der Waals surface area contributed by atoms with Crippen molar-refractivity contribution >= 4 is 49.5 Å². The van der Waals surface area contributed by atoms with E-state index < -0.39 is 0 Å². The number of hydrogen-bond donors (Lipinski definition) is 0. The van der Waals surface area contributed by atoms with Gasteiger partial charge in [0, 0.05) is 21.9 Å². The van der Waals surface area contributed by atoms with Gasteiger partial charge in [-0.3, -0.25) is 14.1 Å². The van der Waals surface area contributed by atoms with E-state index in [-0.39, 0.29) is 5.69 Å². The van der Waals surface area contributed by atoms with Crippen LogP contribution in [0.25, 0.3) is 27.6 Å². The molecule has 0 bridgehead atoms. The average molecular weight is 403 g/mol. The van der Waals surface area contributed by atoms with Crippen LogP contribution in [-0.2, 0) is 7.05 Å². The number of benzene rings is 2. The van der Waals surface area contributed by atoms with Gasteiger partial charge in [0.1, 0.15) is 0 Å². The van der Waals surface area contributed by atoms with Crippen LogP contribution in [0.15, 0.2) is 51.9 Å². The molecule has 2 aromatic heterocycles. The monoisotopic (exact) mass is 401 g/mol. The van der Waals surface area contributed by atoms with E-state index in [0.29, 0.717) is 5.02 Å². The molecule has 0 saturated carbocycles. The Morgan fingerprint density at radius 1 is 1.17 bits per heavy atom. The van der Waals surface area contributed by atoms with E-state index in [2.05, 4.69) is 20.9 Å². The van der Waals surface area contributed by atoms with Gasteiger partial charge in [-0.15, -0.1) is 0 Å². The fraction of sp³-hybridized carbons (Fsp3) is 0.111. The van der Waals surface area contributed by atoms with Gasteiger partial charge in [0.05, 0.1) is 28.4 Å². The van der Waals surface area contributed by atoms with Crippen LogP contribution in [0, 0.1) is 6.92 Å². The fourth-order valence-electron chi connectivity index (χ4n) is 3.06. The van der Waals surface area contributed by atoms with Crippen LogP contribution in [0.4, 0.5) is 0 Å². The second-order valence-electron chi connectivity index (χ2n) is 5.76. The number of fused-ring (bicyclic) bond motifs is 3. The maximum Gasteiger partial charge on any atom is 0.333 e. The molecule has 0 radical (unpaired) electrons. The standard InChI is InChI=1S/C18H13BrClN3O/c1-10-7-12(20)4-6-15(10)23-17-13-8-11(19)3-5-14(13)21-9-16(17)22(2)18(23)24/h3-9H,1-2H3. The molecule has 120 valence electrons. The zero-order chi connectivity index (χ0) is 17.0. The number of halogens is 2. The van der Waals surface area contributed by atoms with Crippen LogP contribution in [0.5, 0.6) is 0 Å². The lowest BCUT2D eigenvalue weighted by Gasteiger charge is -2.09. The molecule has 0 aliphatic carbocycles. The van der Waals surface area contributed by atoms with Gasteiger partial charge in [-0.05, 0) is 48.9 Å². The minimum absolute atomic E-state index is 0.107. The van der Waals surface area contributed by atoms with Crippen LogP contribution < -0.4 is 5.69 Å². The lowest BCUT2D eigenvalue weighted by Crippen LogP contribution is -2.21. The highest BCUT2D eigenvalue weighted by molar-refractivity contribution is 9.10. The number of nitrogens with zero attached hydrogens (tertiary/aromatic N) is 3. The van der Waals surface area contributed by atoms with Crippen molar-refractivity contribution in [2.45, 2.75) is 6.92 Å². The number of imidazole rings is 1. The molecule has 0 atom stereocenters. The van der Waals surface area contributed by atoms with E-state index in [1.807, 2.05) is 37.3 Å². The molecule has 0 unspecified atom stereocenters. The summed E-state index contributed by atoms with van der Waals surface area (Å²) in [6.45, 7) is 1.95. The first-order chi connectivity index (χ1) is 11.5. The van der Waals surface area contributed by atoms with Crippen LogP contribution >= 0.6 is 27.5 Å². The van der Waals surface area contributed by atoms with E-state index >= 15 is 0 Å². The molecule has 0 amide bonds. The summed E-state index contributed by atoms with van der Waals surface area (Å²) in [5.41, 5.74) is 4.14. The lowest BCUT2D eigenvalue weighted by atomic mass is 10.1. The van der Waals surface area contributed by atoms with Crippen LogP contribution in [0.3, 0.4) is 0 Å². The Balaban J connectivity index is 2.24. The van der Waals surface area contributed by atoms with Crippen LogP contribution in [0.2, 0.25) is 5.02 Å². The molecule has 0 spiro atoms. The smallest absolute Gasteiger partial charge is 0.293 e. The van der Waals surface area contributed by atoms with Crippen molar-refractivity contribution in [1.82, 2.24) is 14.1 Å². The SMILES string of the molecule is Cc1cc(Cl)ccc1-n1c(=O)n(C)c2cnc3ccc(Br)cc3c21. The Bertz CT molecular complexity index is 1180. The highest BCUT2D eigenvalue weighted by atomic mass is 79.9. The van der Waals surface area contributed by atoms with E-state index in [4.69, 9.17) is 11.6 Å². The van der Waals surface area contributed by atoms with Gasteiger partial charge in [0.15, 0.2) is 0 Å². The summed E-state index contributed by atoms with van der Waals surface area (Å²) in [5.74, 6) is 0. The van der Waals surface area contributed by atoms with E-state index in [0.717, 1.165) is 37.7 Å². The Kier molecular flexibility index (Phi) is 3.51. The molecule has 2 heterocycles.